The van der Waals surface area contributed by atoms with E-state index < -0.39 is 0 Å². The van der Waals surface area contributed by atoms with E-state index in [1.165, 1.54) is 0 Å². The highest BCUT2D eigenvalue weighted by molar-refractivity contribution is 4.94. The molecule has 1 fully saturated rings. The summed E-state index contributed by atoms with van der Waals surface area (Å²) >= 11 is 0. The Bertz CT molecular complexity index is 292. The molecule has 0 radical (unpaired) electrons. The second kappa shape index (κ2) is 4.11. The Morgan fingerprint density at radius 2 is 2.64 bits per heavy atom. The summed E-state index contributed by atoms with van der Waals surface area (Å²) in [6, 6.07) is 0. The summed E-state index contributed by atoms with van der Waals surface area (Å²) in [6.07, 6.45) is 4.92. The van der Waals surface area contributed by atoms with Gasteiger partial charge in [0.05, 0.1) is 12.7 Å². The van der Waals surface area contributed by atoms with Gasteiger partial charge in [0.25, 0.3) is 0 Å². The number of imidazole rings is 1. The molecular weight excluding hydrogens is 180 g/mol. The van der Waals surface area contributed by atoms with E-state index >= 15 is 0 Å². The third-order valence-electron chi connectivity index (χ3n) is 2.82. The second-order valence-electron chi connectivity index (χ2n) is 3.85. The van der Waals surface area contributed by atoms with Crippen LogP contribution in [0.3, 0.4) is 0 Å². The predicted octanol–water partition coefficient (Wildman–Crippen LogP) is 0.360. The Balaban J connectivity index is 1.93. The normalized spacial score (nSPS) is 24.0. The van der Waals surface area contributed by atoms with Gasteiger partial charge in [-0.2, -0.15) is 0 Å². The van der Waals surface area contributed by atoms with Gasteiger partial charge in [0.1, 0.15) is 5.82 Å². The maximum absolute atomic E-state index is 9.91. The summed E-state index contributed by atoms with van der Waals surface area (Å²) in [5.74, 6) is 1.22. The maximum Gasteiger partial charge on any atom is 0.110 e. The van der Waals surface area contributed by atoms with Crippen molar-refractivity contribution >= 4 is 0 Å². The Labute approximate surface area is 83.5 Å². The van der Waals surface area contributed by atoms with Crippen LogP contribution < -0.4 is 0 Å². The highest BCUT2D eigenvalue weighted by Crippen LogP contribution is 2.18. The summed E-state index contributed by atoms with van der Waals surface area (Å²) in [5.41, 5.74) is 0. The van der Waals surface area contributed by atoms with E-state index in [0.717, 1.165) is 18.9 Å². The van der Waals surface area contributed by atoms with E-state index in [2.05, 4.69) is 4.98 Å². The Hall–Kier alpha value is -0.870. The molecule has 1 aliphatic rings. The first-order valence-electron chi connectivity index (χ1n) is 4.99. The van der Waals surface area contributed by atoms with E-state index in [0.29, 0.717) is 13.0 Å². The highest BCUT2D eigenvalue weighted by atomic mass is 16.5. The molecule has 78 valence electrons. The fourth-order valence-electron chi connectivity index (χ4n) is 1.80. The molecule has 1 aromatic rings. The van der Waals surface area contributed by atoms with Gasteiger partial charge in [-0.25, -0.2) is 4.98 Å². The van der Waals surface area contributed by atoms with Crippen molar-refractivity contribution < 1.29 is 9.84 Å². The average molecular weight is 196 g/mol. The first-order chi connectivity index (χ1) is 6.77. The number of hydrogen-bond acceptors (Lipinski definition) is 3. The molecule has 2 rings (SSSR count). The van der Waals surface area contributed by atoms with Crippen LogP contribution in [0, 0.1) is 5.92 Å². The SMILES string of the molecule is Cn1ccnc1CC(O)C1CCOC1. The Morgan fingerprint density at radius 3 is 3.21 bits per heavy atom. The maximum atomic E-state index is 9.91. The molecule has 4 nitrogen and oxygen atoms in total. The lowest BCUT2D eigenvalue weighted by atomic mass is 9.99. The summed E-state index contributed by atoms with van der Waals surface area (Å²) in [5, 5.41) is 9.91. The van der Waals surface area contributed by atoms with Gasteiger partial charge in [-0.1, -0.05) is 0 Å². The molecule has 0 bridgehead atoms. The molecule has 2 heterocycles. The monoisotopic (exact) mass is 196 g/mol. The standard InChI is InChI=1S/C10H16N2O2/c1-12-4-3-11-10(12)6-9(13)8-2-5-14-7-8/h3-4,8-9,13H,2,5-7H2,1H3. The molecule has 1 aromatic heterocycles. The van der Waals surface area contributed by atoms with Gasteiger partial charge < -0.3 is 14.4 Å². The Kier molecular flexibility index (Phi) is 2.84. The van der Waals surface area contributed by atoms with Gasteiger partial charge >= 0.3 is 0 Å². The minimum Gasteiger partial charge on any atom is -0.392 e. The molecule has 2 unspecified atom stereocenters. The largest absolute Gasteiger partial charge is 0.392 e. The number of aryl methyl sites for hydroxylation is 1. The summed E-state index contributed by atoms with van der Waals surface area (Å²) in [7, 11) is 1.94. The van der Waals surface area contributed by atoms with Crippen molar-refractivity contribution in [2.75, 3.05) is 13.2 Å². The molecule has 1 N–H and O–H groups in total. The van der Waals surface area contributed by atoms with Crippen LogP contribution in [0.5, 0.6) is 0 Å². The molecule has 0 aliphatic carbocycles. The molecule has 2 atom stereocenters. The van der Waals surface area contributed by atoms with Crippen LogP contribution in [-0.2, 0) is 18.2 Å². The third-order valence-corrected chi connectivity index (χ3v) is 2.82. The topological polar surface area (TPSA) is 47.3 Å². The highest BCUT2D eigenvalue weighted by Gasteiger charge is 2.24. The first-order valence-corrected chi connectivity index (χ1v) is 4.99. The third kappa shape index (κ3) is 1.96. The van der Waals surface area contributed by atoms with Gasteiger partial charge in [0.15, 0.2) is 0 Å². The molecule has 4 heteroatoms. The Morgan fingerprint density at radius 1 is 1.79 bits per heavy atom. The second-order valence-corrected chi connectivity index (χ2v) is 3.85. The summed E-state index contributed by atoms with van der Waals surface area (Å²) in [4.78, 5) is 4.19. The fourth-order valence-corrected chi connectivity index (χ4v) is 1.80. The van der Waals surface area contributed by atoms with Gasteiger partial charge in [0, 0.05) is 38.4 Å². The minimum absolute atomic E-state index is 0.284. The van der Waals surface area contributed by atoms with E-state index in [1.807, 2.05) is 17.8 Å². The molecule has 0 saturated carbocycles. The van der Waals surface area contributed by atoms with Crippen LogP contribution >= 0.6 is 0 Å². The van der Waals surface area contributed by atoms with E-state index in [1.54, 1.807) is 6.20 Å². The molecular formula is C10H16N2O2. The van der Waals surface area contributed by atoms with Gasteiger partial charge in [-0.15, -0.1) is 0 Å². The van der Waals surface area contributed by atoms with Crippen LogP contribution in [-0.4, -0.2) is 34.0 Å². The smallest absolute Gasteiger partial charge is 0.110 e. The van der Waals surface area contributed by atoms with Gasteiger partial charge in [-0.05, 0) is 6.42 Å². The molecule has 1 aliphatic heterocycles. The molecule has 0 aromatic carbocycles. The molecule has 14 heavy (non-hydrogen) atoms. The number of rotatable bonds is 3. The summed E-state index contributed by atoms with van der Waals surface area (Å²) in [6.45, 7) is 1.47. The van der Waals surface area contributed by atoms with Crippen molar-refractivity contribution in [3.8, 4) is 0 Å². The molecule has 0 spiro atoms. The van der Waals surface area contributed by atoms with Crippen LogP contribution in [0.2, 0.25) is 0 Å². The number of aromatic nitrogens is 2. The van der Waals surface area contributed by atoms with Gasteiger partial charge in [-0.3, -0.25) is 0 Å². The van der Waals surface area contributed by atoms with Crippen molar-refractivity contribution in [2.24, 2.45) is 13.0 Å². The average Bonchev–Trinajstić information content (AvgIpc) is 2.77. The predicted molar refractivity (Wildman–Crippen MR) is 51.8 cm³/mol. The van der Waals surface area contributed by atoms with Crippen molar-refractivity contribution in [3.05, 3.63) is 18.2 Å². The van der Waals surface area contributed by atoms with Crippen LogP contribution in [0.4, 0.5) is 0 Å². The van der Waals surface area contributed by atoms with Crippen LogP contribution in [0.1, 0.15) is 12.2 Å². The molecule has 1 saturated heterocycles. The van der Waals surface area contributed by atoms with Gasteiger partial charge in [0.2, 0.25) is 0 Å². The summed E-state index contributed by atoms with van der Waals surface area (Å²) < 4.78 is 7.18. The van der Waals surface area contributed by atoms with E-state index in [4.69, 9.17) is 4.74 Å². The quantitative estimate of drug-likeness (QED) is 0.759. The van der Waals surface area contributed by atoms with E-state index in [9.17, 15) is 5.11 Å². The number of ether oxygens (including phenoxy) is 1. The number of aliphatic hydroxyl groups excluding tert-OH is 1. The van der Waals surface area contributed by atoms with Crippen molar-refractivity contribution in [2.45, 2.75) is 18.9 Å². The lowest BCUT2D eigenvalue weighted by Gasteiger charge is -2.15. The number of nitrogens with zero attached hydrogens (tertiary/aromatic N) is 2. The van der Waals surface area contributed by atoms with Crippen molar-refractivity contribution in [1.29, 1.82) is 0 Å². The first kappa shape index (κ1) is 9.68. The van der Waals surface area contributed by atoms with Crippen molar-refractivity contribution in [1.82, 2.24) is 9.55 Å². The van der Waals surface area contributed by atoms with E-state index in [-0.39, 0.29) is 12.0 Å². The zero-order valence-electron chi connectivity index (χ0n) is 8.39. The zero-order valence-corrected chi connectivity index (χ0v) is 8.39. The van der Waals surface area contributed by atoms with Crippen LogP contribution in [0.25, 0.3) is 0 Å². The zero-order chi connectivity index (χ0) is 9.97. The fraction of sp³-hybridized carbons (Fsp3) is 0.700. The lowest BCUT2D eigenvalue weighted by Crippen LogP contribution is -2.24. The number of hydrogen-bond donors (Lipinski definition) is 1. The minimum atomic E-state index is -0.321. The molecule has 0 amide bonds. The number of aliphatic hydroxyl groups is 1. The van der Waals surface area contributed by atoms with Crippen LogP contribution in [0.15, 0.2) is 12.4 Å². The lowest BCUT2D eigenvalue weighted by molar-refractivity contribution is 0.0898. The van der Waals surface area contributed by atoms with Crippen molar-refractivity contribution in [3.63, 3.8) is 0 Å².